The molecular weight excluding hydrogens is 286 g/mol. The van der Waals surface area contributed by atoms with E-state index in [-0.39, 0.29) is 12.5 Å². The zero-order valence-electron chi connectivity index (χ0n) is 12.7. The van der Waals surface area contributed by atoms with Crippen LogP contribution in [0, 0.1) is 0 Å². The van der Waals surface area contributed by atoms with Gasteiger partial charge in [0.2, 0.25) is 11.8 Å². The molecule has 0 bridgehead atoms. The first-order valence-corrected chi connectivity index (χ1v) is 6.93. The molecule has 0 aliphatic carbocycles. The first-order chi connectivity index (χ1) is 10.4. The third-order valence-electron chi connectivity index (χ3n) is 2.70. The number of nitrogens with two attached hydrogens (primary N) is 1. The summed E-state index contributed by atoms with van der Waals surface area (Å²) in [7, 11) is 0. The molecule has 0 aliphatic rings. The monoisotopic (exact) mass is 307 g/mol. The minimum Gasteiger partial charge on any atom is -0.460 e. The maximum absolute atomic E-state index is 11.6. The van der Waals surface area contributed by atoms with Crippen LogP contribution in [0.3, 0.4) is 0 Å². The summed E-state index contributed by atoms with van der Waals surface area (Å²) in [5, 5.41) is 4.96. The maximum atomic E-state index is 11.6. The highest BCUT2D eigenvalue weighted by atomic mass is 16.5. The second kappa shape index (κ2) is 8.78. The molecule has 0 saturated heterocycles. The van der Waals surface area contributed by atoms with Gasteiger partial charge in [-0.25, -0.2) is 0 Å². The summed E-state index contributed by atoms with van der Waals surface area (Å²) >= 11 is 0. The van der Waals surface area contributed by atoms with Crippen LogP contribution in [-0.4, -0.2) is 30.0 Å². The normalized spacial score (nSPS) is 12.9. The van der Waals surface area contributed by atoms with Crippen molar-refractivity contribution in [3.05, 3.63) is 35.9 Å². The Hall–Kier alpha value is -2.41. The lowest BCUT2D eigenvalue weighted by Crippen LogP contribution is -2.50. The third-order valence-corrected chi connectivity index (χ3v) is 2.70. The Labute approximate surface area is 129 Å². The van der Waals surface area contributed by atoms with E-state index in [1.54, 1.807) is 6.92 Å². The zero-order chi connectivity index (χ0) is 16.5. The van der Waals surface area contributed by atoms with Crippen LogP contribution in [0.4, 0.5) is 0 Å². The van der Waals surface area contributed by atoms with Crippen molar-refractivity contribution in [1.82, 2.24) is 10.6 Å². The SMILES string of the molecule is C[C@@H](NC(=O)CC(=O)OCc1ccccc1)NC(=O)[C@H](C)N. The minimum absolute atomic E-state index is 0.115. The Kier molecular flexibility index (Phi) is 7.04. The van der Waals surface area contributed by atoms with Gasteiger partial charge in [-0.15, -0.1) is 0 Å². The lowest BCUT2D eigenvalue weighted by molar-refractivity contribution is -0.147. The summed E-state index contributed by atoms with van der Waals surface area (Å²) in [5.74, 6) is -1.55. The molecule has 2 amide bonds. The summed E-state index contributed by atoms with van der Waals surface area (Å²) in [6.07, 6.45) is -1.03. The van der Waals surface area contributed by atoms with Gasteiger partial charge in [-0.2, -0.15) is 0 Å². The van der Waals surface area contributed by atoms with Crippen molar-refractivity contribution in [2.45, 2.75) is 39.1 Å². The van der Waals surface area contributed by atoms with E-state index in [1.165, 1.54) is 6.92 Å². The van der Waals surface area contributed by atoms with Crippen molar-refractivity contribution in [3.63, 3.8) is 0 Å². The van der Waals surface area contributed by atoms with Gasteiger partial charge in [0.05, 0.1) is 12.2 Å². The van der Waals surface area contributed by atoms with E-state index in [4.69, 9.17) is 10.5 Å². The van der Waals surface area contributed by atoms with Crippen LogP contribution in [0.15, 0.2) is 30.3 Å². The van der Waals surface area contributed by atoms with E-state index < -0.39 is 30.5 Å². The highest BCUT2D eigenvalue weighted by Gasteiger charge is 2.16. The molecule has 1 aromatic carbocycles. The molecule has 1 aromatic rings. The number of amides is 2. The maximum Gasteiger partial charge on any atom is 0.315 e. The molecule has 0 unspecified atom stereocenters. The van der Waals surface area contributed by atoms with E-state index in [0.717, 1.165) is 5.56 Å². The predicted octanol–water partition coefficient (Wildman–Crippen LogP) is 0.0455. The highest BCUT2D eigenvalue weighted by molar-refractivity contribution is 5.94. The van der Waals surface area contributed by atoms with E-state index >= 15 is 0 Å². The summed E-state index contributed by atoms with van der Waals surface area (Å²) in [5.41, 5.74) is 6.23. The van der Waals surface area contributed by atoms with Gasteiger partial charge in [-0.3, -0.25) is 14.4 Å². The Morgan fingerprint density at radius 2 is 1.77 bits per heavy atom. The van der Waals surface area contributed by atoms with Crippen molar-refractivity contribution in [1.29, 1.82) is 0 Å². The lowest BCUT2D eigenvalue weighted by atomic mass is 10.2. The summed E-state index contributed by atoms with van der Waals surface area (Å²) in [6, 6.07) is 8.49. The fraction of sp³-hybridized carbons (Fsp3) is 0.400. The molecule has 0 aliphatic heterocycles. The number of carbonyl (C=O) groups is 3. The highest BCUT2D eigenvalue weighted by Crippen LogP contribution is 2.01. The number of hydrogen-bond acceptors (Lipinski definition) is 5. The number of esters is 1. The average Bonchev–Trinajstić information content (AvgIpc) is 2.45. The molecule has 22 heavy (non-hydrogen) atoms. The number of rotatable bonds is 7. The number of nitrogens with one attached hydrogen (secondary N) is 2. The zero-order valence-corrected chi connectivity index (χ0v) is 12.7. The summed E-state index contributed by atoms with van der Waals surface area (Å²) in [4.78, 5) is 34.5. The van der Waals surface area contributed by atoms with Crippen LogP contribution >= 0.6 is 0 Å². The molecular formula is C15H21N3O4. The number of carbonyl (C=O) groups excluding carboxylic acids is 3. The van der Waals surface area contributed by atoms with Crippen LogP contribution < -0.4 is 16.4 Å². The Morgan fingerprint density at radius 1 is 1.14 bits per heavy atom. The Bertz CT molecular complexity index is 517. The van der Waals surface area contributed by atoms with Crippen molar-refractivity contribution in [3.8, 4) is 0 Å². The van der Waals surface area contributed by atoms with Gasteiger partial charge in [0.15, 0.2) is 0 Å². The molecule has 0 spiro atoms. The molecule has 0 heterocycles. The van der Waals surface area contributed by atoms with Gasteiger partial charge >= 0.3 is 5.97 Å². The van der Waals surface area contributed by atoms with Crippen LogP contribution in [0.1, 0.15) is 25.8 Å². The predicted molar refractivity (Wildman–Crippen MR) is 80.3 cm³/mol. The van der Waals surface area contributed by atoms with E-state index in [0.29, 0.717) is 0 Å². The molecule has 0 saturated carbocycles. The molecule has 0 aromatic heterocycles. The lowest BCUT2D eigenvalue weighted by Gasteiger charge is -2.16. The smallest absolute Gasteiger partial charge is 0.315 e. The van der Waals surface area contributed by atoms with Crippen LogP contribution in [0.5, 0.6) is 0 Å². The second-order valence-corrected chi connectivity index (χ2v) is 4.91. The summed E-state index contributed by atoms with van der Waals surface area (Å²) in [6.45, 7) is 3.22. The summed E-state index contributed by atoms with van der Waals surface area (Å²) < 4.78 is 4.99. The van der Waals surface area contributed by atoms with Crippen molar-refractivity contribution in [2.75, 3.05) is 0 Å². The largest absolute Gasteiger partial charge is 0.460 e. The molecule has 2 atom stereocenters. The van der Waals surface area contributed by atoms with Crippen LogP contribution in [0.2, 0.25) is 0 Å². The number of benzene rings is 1. The van der Waals surface area contributed by atoms with Crippen LogP contribution in [0.25, 0.3) is 0 Å². The first kappa shape index (κ1) is 17.6. The van der Waals surface area contributed by atoms with Gasteiger partial charge in [0.1, 0.15) is 13.0 Å². The molecule has 120 valence electrons. The molecule has 7 nitrogen and oxygen atoms in total. The fourth-order valence-electron chi connectivity index (χ4n) is 1.59. The molecule has 0 radical (unpaired) electrons. The topological polar surface area (TPSA) is 111 Å². The molecule has 0 fully saturated rings. The molecule has 7 heteroatoms. The van der Waals surface area contributed by atoms with E-state index in [9.17, 15) is 14.4 Å². The Balaban J connectivity index is 2.29. The van der Waals surface area contributed by atoms with E-state index in [1.807, 2.05) is 30.3 Å². The second-order valence-electron chi connectivity index (χ2n) is 4.91. The standard InChI is InChI=1S/C15H21N3O4/c1-10(16)15(21)18-11(2)17-13(19)8-14(20)22-9-12-6-4-3-5-7-12/h3-7,10-11H,8-9,16H2,1-2H3,(H,17,19)(H,18,21)/t10-,11-/m0/s1. The van der Waals surface area contributed by atoms with Gasteiger partial charge in [-0.05, 0) is 19.4 Å². The molecule has 1 rings (SSSR count). The Morgan fingerprint density at radius 3 is 2.36 bits per heavy atom. The van der Waals surface area contributed by atoms with Crippen molar-refractivity contribution in [2.24, 2.45) is 5.73 Å². The van der Waals surface area contributed by atoms with Crippen LogP contribution in [-0.2, 0) is 25.7 Å². The van der Waals surface area contributed by atoms with Gasteiger partial charge in [0.25, 0.3) is 0 Å². The van der Waals surface area contributed by atoms with Crippen molar-refractivity contribution >= 4 is 17.8 Å². The first-order valence-electron chi connectivity index (χ1n) is 6.93. The van der Waals surface area contributed by atoms with Gasteiger partial charge in [0, 0.05) is 0 Å². The third kappa shape index (κ3) is 6.85. The molecule has 4 N–H and O–H groups in total. The van der Waals surface area contributed by atoms with Gasteiger partial charge in [-0.1, -0.05) is 30.3 Å². The van der Waals surface area contributed by atoms with E-state index in [2.05, 4.69) is 10.6 Å². The fourth-order valence-corrected chi connectivity index (χ4v) is 1.59. The van der Waals surface area contributed by atoms with Crippen molar-refractivity contribution < 1.29 is 19.1 Å². The number of hydrogen-bond donors (Lipinski definition) is 3. The average molecular weight is 307 g/mol. The minimum atomic E-state index is -0.671. The number of ether oxygens (including phenoxy) is 1. The quantitative estimate of drug-likeness (QED) is 0.374. The van der Waals surface area contributed by atoms with Gasteiger partial charge < -0.3 is 21.1 Å².